The lowest BCUT2D eigenvalue weighted by Crippen LogP contribution is -2.16. The molecule has 17 heavy (non-hydrogen) atoms. The van der Waals surface area contributed by atoms with Crippen LogP contribution in [-0.2, 0) is 0 Å². The second kappa shape index (κ2) is 4.32. The number of aromatic nitrogens is 3. The zero-order valence-electron chi connectivity index (χ0n) is 9.81. The van der Waals surface area contributed by atoms with Gasteiger partial charge in [-0.15, -0.1) is 0 Å². The van der Waals surface area contributed by atoms with Crippen LogP contribution >= 0.6 is 0 Å². The van der Waals surface area contributed by atoms with Crippen LogP contribution in [0.3, 0.4) is 0 Å². The molecule has 0 bridgehead atoms. The molecule has 2 aromatic heterocycles. The highest BCUT2D eigenvalue weighted by molar-refractivity contribution is 6.05. The van der Waals surface area contributed by atoms with E-state index in [0.29, 0.717) is 28.5 Å². The lowest BCUT2D eigenvalue weighted by atomic mass is 10.1. The summed E-state index contributed by atoms with van der Waals surface area (Å²) in [5, 5.41) is 6.33. The summed E-state index contributed by atoms with van der Waals surface area (Å²) < 4.78 is 4.87. The molecule has 0 aliphatic heterocycles. The predicted molar refractivity (Wildman–Crippen MR) is 60.7 cm³/mol. The van der Waals surface area contributed by atoms with Gasteiger partial charge in [0.25, 0.3) is 5.91 Å². The van der Waals surface area contributed by atoms with Gasteiger partial charge < -0.3 is 9.84 Å². The molecule has 88 valence electrons. The minimum absolute atomic E-state index is 0.283. The number of hydrogen-bond donors (Lipinski definition) is 1. The number of aryl methyl sites for hydroxylation is 3. The second-order valence-electron chi connectivity index (χ2n) is 3.70. The minimum atomic E-state index is -0.283. The van der Waals surface area contributed by atoms with Gasteiger partial charge in [-0.2, -0.15) is 0 Å². The summed E-state index contributed by atoms with van der Waals surface area (Å²) in [5.74, 6) is 0.738. The normalized spacial score (nSPS) is 10.3. The van der Waals surface area contributed by atoms with Crippen molar-refractivity contribution in [2.45, 2.75) is 20.8 Å². The number of hydrogen-bond acceptors (Lipinski definition) is 5. The van der Waals surface area contributed by atoms with E-state index < -0.39 is 0 Å². The van der Waals surface area contributed by atoms with Crippen LogP contribution in [0.25, 0.3) is 0 Å². The largest absolute Gasteiger partial charge is 0.360 e. The van der Waals surface area contributed by atoms with Crippen molar-refractivity contribution in [3.8, 4) is 0 Å². The average Bonchev–Trinajstić information content (AvgIpc) is 2.63. The van der Waals surface area contributed by atoms with Gasteiger partial charge >= 0.3 is 0 Å². The van der Waals surface area contributed by atoms with Crippen molar-refractivity contribution in [1.82, 2.24) is 15.1 Å². The van der Waals surface area contributed by atoms with E-state index in [1.54, 1.807) is 26.8 Å². The molecule has 0 aliphatic carbocycles. The molecule has 2 aromatic rings. The highest BCUT2D eigenvalue weighted by Crippen LogP contribution is 2.12. The number of carbonyl (C=O) groups is 1. The summed E-state index contributed by atoms with van der Waals surface area (Å²) in [7, 11) is 0. The van der Waals surface area contributed by atoms with Gasteiger partial charge in [0.2, 0.25) is 0 Å². The van der Waals surface area contributed by atoms with E-state index in [4.69, 9.17) is 4.52 Å². The van der Waals surface area contributed by atoms with Crippen LogP contribution in [0.5, 0.6) is 0 Å². The Kier molecular flexibility index (Phi) is 2.86. The van der Waals surface area contributed by atoms with Crippen molar-refractivity contribution < 1.29 is 9.32 Å². The van der Waals surface area contributed by atoms with Gasteiger partial charge in [0.1, 0.15) is 12.1 Å². The Bertz CT molecular complexity index is 542. The molecule has 2 rings (SSSR count). The van der Waals surface area contributed by atoms with E-state index in [-0.39, 0.29) is 5.91 Å². The second-order valence-corrected chi connectivity index (χ2v) is 3.70. The van der Waals surface area contributed by atoms with Crippen LogP contribution in [0.2, 0.25) is 0 Å². The van der Waals surface area contributed by atoms with Crippen molar-refractivity contribution in [1.29, 1.82) is 0 Å². The fraction of sp³-hybridized carbons (Fsp3) is 0.273. The monoisotopic (exact) mass is 232 g/mol. The Labute approximate surface area is 98.1 Å². The number of carbonyl (C=O) groups excluding carboxylic acids is 1. The van der Waals surface area contributed by atoms with Crippen LogP contribution < -0.4 is 5.32 Å². The molecule has 0 saturated carbocycles. The van der Waals surface area contributed by atoms with E-state index >= 15 is 0 Å². The van der Waals surface area contributed by atoms with Gasteiger partial charge in [-0.3, -0.25) is 4.79 Å². The summed E-state index contributed by atoms with van der Waals surface area (Å²) in [6.45, 7) is 5.28. The Hall–Kier alpha value is -2.24. The van der Waals surface area contributed by atoms with E-state index in [9.17, 15) is 4.79 Å². The SMILES string of the molecule is Cc1cc(NC(=O)c2c(C)ncnc2C)no1. The van der Waals surface area contributed by atoms with Crippen LogP contribution in [0.15, 0.2) is 16.9 Å². The first kappa shape index (κ1) is 11.3. The molecule has 0 atom stereocenters. The van der Waals surface area contributed by atoms with Crippen LogP contribution in [0.1, 0.15) is 27.5 Å². The molecule has 0 spiro atoms. The Morgan fingerprint density at radius 3 is 2.41 bits per heavy atom. The molecule has 6 heteroatoms. The van der Waals surface area contributed by atoms with Gasteiger partial charge in [0, 0.05) is 6.07 Å². The summed E-state index contributed by atoms with van der Waals surface area (Å²) in [5.41, 5.74) is 1.73. The third kappa shape index (κ3) is 2.30. The molecule has 0 fully saturated rings. The summed E-state index contributed by atoms with van der Waals surface area (Å²) in [6.07, 6.45) is 1.43. The predicted octanol–water partition coefficient (Wildman–Crippen LogP) is 1.64. The van der Waals surface area contributed by atoms with Gasteiger partial charge in [-0.1, -0.05) is 5.16 Å². The van der Waals surface area contributed by atoms with E-state index in [0.717, 1.165) is 0 Å². The molecule has 0 saturated heterocycles. The fourth-order valence-electron chi connectivity index (χ4n) is 1.53. The first-order valence-electron chi connectivity index (χ1n) is 5.11. The molecule has 0 unspecified atom stereocenters. The van der Waals surface area contributed by atoms with E-state index in [2.05, 4.69) is 20.4 Å². The molecule has 1 N–H and O–H groups in total. The van der Waals surface area contributed by atoms with Crippen molar-refractivity contribution in [2.75, 3.05) is 5.32 Å². The summed E-state index contributed by atoms with van der Waals surface area (Å²) in [4.78, 5) is 20.0. The van der Waals surface area contributed by atoms with Crippen molar-refractivity contribution in [3.63, 3.8) is 0 Å². The molecule has 0 aliphatic rings. The molecule has 2 heterocycles. The van der Waals surface area contributed by atoms with Crippen molar-refractivity contribution in [2.24, 2.45) is 0 Å². The maximum atomic E-state index is 12.0. The maximum absolute atomic E-state index is 12.0. The van der Waals surface area contributed by atoms with E-state index in [1.165, 1.54) is 6.33 Å². The quantitative estimate of drug-likeness (QED) is 0.851. The lowest BCUT2D eigenvalue weighted by Gasteiger charge is -2.06. The number of anilines is 1. The number of amides is 1. The Morgan fingerprint density at radius 2 is 1.88 bits per heavy atom. The summed E-state index contributed by atoms with van der Waals surface area (Å²) in [6, 6.07) is 1.65. The smallest absolute Gasteiger partial charge is 0.260 e. The average molecular weight is 232 g/mol. The van der Waals surface area contributed by atoms with Gasteiger partial charge in [0.05, 0.1) is 17.0 Å². The topological polar surface area (TPSA) is 80.9 Å². The Morgan fingerprint density at radius 1 is 1.24 bits per heavy atom. The highest BCUT2D eigenvalue weighted by atomic mass is 16.5. The van der Waals surface area contributed by atoms with Crippen molar-refractivity contribution in [3.05, 3.63) is 35.1 Å². The molecule has 1 amide bonds. The molecule has 0 aromatic carbocycles. The van der Waals surface area contributed by atoms with Gasteiger partial charge in [-0.05, 0) is 20.8 Å². The lowest BCUT2D eigenvalue weighted by molar-refractivity contribution is 0.102. The van der Waals surface area contributed by atoms with Crippen LogP contribution in [0, 0.1) is 20.8 Å². The maximum Gasteiger partial charge on any atom is 0.260 e. The van der Waals surface area contributed by atoms with Gasteiger partial charge in [0.15, 0.2) is 5.82 Å². The third-order valence-corrected chi connectivity index (χ3v) is 2.32. The number of nitrogens with one attached hydrogen (secondary N) is 1. The Balaban J connectivity index is 2.26. The molecular formula is C11H12N4O2. The number of rotatable bonds is 2. The number of nitrogens with zero attached hydrogens (tertiary/aromatic N) is 3. The fourth-order valence-corrected chi connectivity index (χ4v) is 1.53. The molecule has 6 nitrogen and oxygen atoms in total. The zero-order chi connectivity index (χ0) is 12.4. The van der Waals surface area contributed by atoms with Crippen LogP contribution in [-0.4, -0.2) is 21.0 Å². The summed E-state index contributed by atoms with van der Waals surface area (Å²) >= 11 is 0. The molecule has 0 radical (unpaired) electrons. The minimum Gasteiger partial charge on any atom is -0.360 e. The van der Waals surface area contributed by atoms with E-state index in [1.807, 2.05) is 0 Å². The standard InChI is InChI=1S/C11H12N4O2/c1-6-4-9(15-17-6)14-11(16)10-7(2)12-5-13-8(10)3/h4-5H,1-3H3,(H,14,15,16). The molecular weight excluding hydrogens is 220 g/mol. The van der Waals surface area contributed by atoms with Gasteiger partial charge in [-0.25, -0.2) is 9.97 Å². The third-order valence-electron chi connectivity index (χ3n) is 2.32. The first-order valence-corrected chi connectivity index (χ1v) is 5.11. The van der Waals surface area contributed by atoms with Crippen molar-refractivity contribution >= 4 is 11.7 Å². The van der Waals surface area contributed by atoms with Crippen LogP contribution in [0.4, 0.5) is 5.82 Å². The highest BCUT2D eigenvalue weighted by Gasteiger charge is 2.15. The first-order chi connectivity index (χ1) is 8.08. The zero-order valence-corrected chi connectivity index (χ0v) is 9.81.